The second-order valence-electron chi connectivity index (χ2n) is 8.08. The topological polar surface area (TPSA) is 118 Å². The Kier molecular flexibility index (Phi) is 8.41. The number of carbonyl (C=O) groups is 2. The Hall–Kier alpha value is -1.67. The van der Waals surface area contributed by atoms with E-state index in [1.807, 2.05) is 0 Å². The quantitative estimate of drug-likeness (QED) is 0.507. The molecular formula is C23H22Br2O9S. The van der Waals surface area contributed by atoms with Gasteiger partial charge in [-0.25, -0.2) is 9.59 Å². The first-order valence-electron chi connectivity index (χ1n) is 10.5. The fourth-order valence-corrected chi connectivity index (χ4v) is 4.44. The highest BCUT2D eigenvalue weighted by Gasteiger charge is 2.64. The summed E-state index contributed by atoms with van der Waals surface area (Å²) in [6.07, 6.45) is -2.41. The lowest BCUT2D eigenvalue weighted by Crippen LogP contribution is -2.76. The first-order chi connectivity index (χ1) is 16.6. The molecule has 35 heavy (non-hydrogen) atoms. The highest BCUT2D eigenvalue weighted by molar-refractivity contribution is 9.10. The minimum absolute atomic E-state index is 0.325. The number of hydrogen-bond donors (Lipinski definition) is 1. The second kappa shape index (κ2) is 11.2. The molecule has 0 amide bonds. The maximum Gasteiger partial charge on any atom is 0.338 e. The van der Waals surface area contributed by atoms with Crippen molar-refractivity contribution in [3.05, 3.63) is 68.6 Å². The molecule has 6 rings (SSSR count). The summed E-state index contributed by atoms with van der Waals surface area (Å²) in [5, 5.41) is 10.7. The number of hydrogen-bond acceptors (Lipinski definition) is 9. The fraction of sp³-hybridized carbons (Fsp3) is 0.391. The van der Waals surface area contributed by atoms with Crippen molar-refractivity contribution in [3.63, 3.8) is 0 Å². The number of ether oxygens (including phenoxy) is 5. The Labute approximate surface area is 220 Å². The SMILES string of the molecule is CS(C)=O.O=C(O[C@H]1C2OC3O[C@@H]1C(O)[C@H](O3)[C@H]2OC(=O)c1ccc(Br)cc1)c1ccc(Br)cc1. The molecule has 9 nitrogen and oxygen atoms in total. The highest BCUT2D eigenvalue weighted by Crippen LogP contribution is 2.42. The van der Waals surface area contributed by atoms with Crippen molar-refractivity contribution in [1.82, 2.24) is 0 Å². The first kappa shape index (κ1) is 26.4. The van der Waals surface area contributed by atoms with Crippen molar-refractivity contribution in [2.75, 3.05) is 12.5 Å². The van der Waals surface area contributed by atoms with Gasteiger partial charge in [-0.2, -0.15) is 0 Å². The normalized spacial score (nSPS) is 30.4. The highest BCUT2D eigenvalue weighted by atomic mass is 79.9. The van der Waals surface area contributed by atoms with E-state index in [9.17, 15) is 18.9 Å². The van der Waals surface area contributed by atoms with Gasteiger partial charge in [-0.15, -0.1) is 0 Å². The molecule has 1 aliphatic carbocycles. The van der Waals surface area contributed by atoms with Gasteiger partial charge in [0.15, 0.2) is 12.2 Å². The summed E-state index contributed by atoms with van der Waals surface area (Å²) in [7, 11) is -0.611. The predicted molar refractivity (Wildman–Crippen MR) is 131 cm³/mol. The van der Waals surface area contributed by atoms with E-state index in [0.29, 0.717) is 11.1 Å². The van der Waals surface area contributed by atoms with E-state index in [1.54, 1.807) is 61.0 Å². The Morgan fingerprint density at radius 3 is 1.49 bits per heavy atom. The Morgan fingerprint density at radius 1 is 0.771 bits per heavy atom. The van der Waals surface area contributed by atoms with E-state index in [4.69, 9.17) is 23.7 Å². The van der Waals surface area contributed by atoms with Gasteiger partial charge in [0.1, 0.15) is 24.4 Å². The van der Waals surface area contributed by atoms with Crippen LogP contribution in [0.15, 0.2) is 57.5 Å². The van der Waals surface area contributed by atoms with Gasteiger partial charge in [-0.05, 0) is 48.5 Å². The summed E-state index contributed by atoms with van der Waals surface area (Å²) in [5.41, 5.74) is 0.650. The van der Waals surface area contributed by atoms with Crippen LogP contribution in [0, 0.1) is 0 Å². The summed E-state index contributed by atoms with van der Waals surface area (Å²) in [5.74, 6) is -1.22. The van der Waals surface area contributed by atoms with Crippen LogP contribution in [0.4, 0.5) is 0 Å². The third-order valence-electron chi connectivity index (χ3n) is 5.42. The van der Waals surface area contributed by atoms with Crippen LogP contribution in [-0.4, -0.2) is 76.9 Å². The molecule has 0 aromatic heterocycles. The van der Waals surface area contributed by atoms with Gasteiger partial charge in [0.25, 0.3) is 6.48 Å². The maximum absolute atomic E-state index is 12.7. The molecule has 0 radical (unpaired) electrons. The molecule has 2 aromatic carbocycles. The lowest BCUT2D eigenvalue weighted by Gasteiger charge is -2.56. The molecule has 0 spiro atoms. The van der Waals surface area contributed by atoms with Crippen LogP contribution < -0.4 is 0 Å². The smallest absolute Gasteiger partial charge is 0.338 e. The van der Waals surface area contributed by atoms with E-state index in [-0.39, 0.29) is 0 Å². The van der Waals surface area contributed by atoms with Crippen LogP contribution in [0.1, 0.15) is 20.7 Å². The zero-order valence-electron chi connectivity index (χ0n) is 18.5. The number of aliphatic hydroxyl groups is 1. The number of rotatable bonds is 4. The van der Waals surface area contributed by atoms with E-state index >= 15 is 0 Å². The molecule has 1 saturated carbocycles. The van der Waals surface area contributed by atoms with E-state index < -0.39 is 65.8 Å². The molecule has 188 valence electrons. The Morgan fingerprint density at radius 2 is 1.11 bits per heavy atom. The molecule has 3 heterocycles. The fourth-order valence-electron chi connectivity index (χ4n) is 3.91. The van der Waals surface area contributed by atoms with Crippen molar-refractivity contribution in [1.29, 1.82) is 0 Å². The van der Waals surface area contributed by atoms with Gasteiger partial charge in [0, 0.05) is 32.3 Å². The summed E-state index contributed by atoms with van der Waals surface area (Å²) >= 11 is 6.63. The minimum Gasteiger partial charge on any atom is -0.453 e. The maximum atomic E-state index is 12.7. The van der Waals surface area contributed by atoms with Crippen molar-refractivity contribution >= 4 is 54.6 Å². The van der Waals surface area contributed by atoms with Crippen LogP contribution in [0.3, 0.4) is 0 Å². The number of carbonyl (C=O) groups excluding carboxylic acids is 2. The Bertz CT molecular complexity index is 1010. The van der Waals surface area contributed by atoms with Crippen LogP contribution in [0.5, 0.6) is 0 Å². The zero-order valence-corrected chi connectivity index (χ0v) is 22.5. The number of benzene rings is 2. The monoisotopic (exact) mass is 632 g/mol. The van der Waals surface area contributed by atoms with E-state index in [2.05, 4.69) is 31.9 Å². The lowest BCUT2D eigenvalue weighted by molar-refractivity contribution is -0.479. The van der Waals surface area contributed by atoms with Gasteiger partial charge in [-0.3, -0.25) is 4.21 Å². The van der Waals surface area contributed by atoms with Crippen LogP contribution in [-0.2, 0) is 34.5 Å². The minimum atomic E-state index is -1.16. The van der Waals surface area contributed by atoms with Crippen LogP contribution in [0.25, 0.3) is 0 Å². The van der Waals surface area contributed by atoms with Crippen molar-refractivity contribution < 1.29 is 42.6 Å². The van der Waals surface area contributed by atoms with Gasteiger partial charge in [0.05, 0.1) is 11.1 Å². The average molecular weight is 634 g/mol. The summed E-state index contributed by atoms with van der Waals surface area (Å²) in [4.78, 5) is 25.3. The molecule has 3 saturated heterocycles. The lowest BCUT2D eigenvalue weighted by atomic mass is 9.82. The molecule has 7 atom stereocenters. The van der Waals surface area contributed by atoms with E-state index in [1.165, 1.54) is 0 Å². The molecule has 2 aromatic rings. The van der Waals surface area contributed by atoms with Crippen molar-refractivity contribution in [2.45, 2.75) is 43.1 Å². The molecule has 3 aliphatic heterocycles. The predicted octanol–water partition coefficient (Wildman–Crippen LogP) is 2.80. The summed E-state index contributed by atoms with van der Waals surface area (Å²) in [6.45, 7) is -1.02. The van der Waals surface area contributed by atoms with Crippen molar-refractivity contribution in [3.8, 4) is 0 Å². The number of aliphatic hydroxyl groups excluding tert-OH is 1. The molecule has 12 heteroatoms. The largest absolute Gasteiger partial charge is 0.453 e. The molecule has 4 fully saturated rings. The second-order valence-corrected chi connectivity index (χ2v) is 11.4. The van der Waals surface area contributed by atoms with E-state index in [0.717, 1.165) is 8.95 Å². The zero-order chi connectivity index (χ0) is 25.3. The number of halogens is 2. The van der Waals surface area contributed by atoms with Crippen molar-refractivity contribution in [2.24, 2.45) is 0 Å². The van der Waals surface area contributed by atoms with Crippen LogP contribution >= 0.6 is 31.9 Å². The third-order valence-corrected chi connectivity index (χ3v) is 6.48. The van der Waals surface area contributed by atoms with Gasteiger partial charge in [-0.1, -0.05) is 31.9 Å². The molecule has 3 unspecified atom stereocenters. The first-order valence-corrected chi connectivity index (χ1v) is 14.0. The third kappa shape index (κ3) is 6.01. The standard InChI is InChI=1S/C21H16Br2O8.C2H6OS/c22-11-5-1-9(2-6-11)19(25)27-16-14-13(24)15-17(18(16)31-21(29-14)30-15)28-20(26)10-3-7-12(23)8-4-10;1-4(2)3/h1-8,13-18,21,24H;1-2H3/t13?,14-,15+,16-,17-,18?,21?;/m1./s1. The summed E-state index contributed by atoms with van der Waals surface area (Å²) in [6, 6.07) is 13.3. The summed E-state index contributed by atoms with van der Waals surface area (Å²) < 4.78 is 39.2. The van der Waals surface area contributed by atoms with Crippen LogP contribution in [0.2, 0.25) is 0 Å². The molecule has 4 aliphatic rings. The number of esters is 2. The Balaban J connectivity index is 0.000000672. The molecule has 4 bridgehead atoms. The van der Waals surface area contributed by atoms with Gasteiger partial charge >= 0.3 is 11.9 Å². The molecule has 1 N–H and O–H groups in total. The van der Waals surface area contributed by atoms with Gasteiger partial charge < -0.3 is 28.8 Å². The van der Waals surface area contributed by atoms with Gasteiger partial charge in [0.2, 0.25) is 0 Å². The average Bonchev–Trinajstić information content (AvgIpc) is 2.81. The molecular weight excluding hydrogens is 612 g/mol.